The fourth-order valence-electron chi connectivity index (χ4n) is 2.35. The minimum Gasteiger partial charge on any atom is -0.481 e. The molecule has 3 rings (SSSR count). The van der Waals surface area contributed by atoms with Gasteiger partial charge in [-0.2, -0.15) is 5.10 Å². The normalized spacial score (nSPS) is 10.4. The second-order valence-electron chi connectivity index (χ2n) is 5.27. The molecule has 0 atom stereocenters. The SMILES string of the molecule is COc1ccnn1Cc1ccc(C(=O)Nc2ccccc2N)cc1. The van der Waals surface area contributed by atoms with Crippen LogP contribution in [0.4, 0.5) is 11.4 Å². The van der Waals surface area contributed by atoms with Crippen molar-refractivity contribution in [2.75, 3.05) is 18.2 Å². The zero-order valence-electron chi connectivity index (χ0n) is 13.3. The first-order valence-corrected chi connectivity index (χ1v) is 7.48. The predicted molar refractivity (Wildman–Crippen MR) is 93.1 cm³/mol. The predicted octanol–water partition coefficient (Wildman–Crippen LogP) is 2.77. The lowest BCUT2D eigenvalue weighted by Gasteiger charge is -2.09. The number of carbonyl (C=O) groups excluding carboxylic acids is 1. The fraction of sp³-hybridized carbons (Fsp3) is 0.111. The Morgan fingerprint density at radius 1 is 1.17 bits per heavy atom. The summed E-state index contributed by atoms with van der Waals surface area (Å²) in [6.45, 7) is 0.573. The third-order valence-electron chi connectivity index (χ3n) is 3.64. The van der Waals surface area contributed by atoms with Crippen LogP contribution < -0.4 is 15.8 Å². The van der Waals surface area contributed by atoms with Crippen molar-refractivity contribution in [2.45, 2.75) is 6.54 Å². The molecule has 0 radical (unpaired) electrons. The van der Waals surface area contributed by atoms with Gasteiger partial charge in [-0.15, -0.1) is 0 Å². The Morgan fingerprint density at radius 2 is 1.92 bits per heavy atom. The Balaban J connectivity index is 1.70. The summed E-state index contributed by atoms with van der Waals surface area (Å²) in [5.41, 5.74) is 8.56. The lowest BCUT2D eigenvalue weighted by Crippen LogP contribution is -2.13. The van der Waals surface area contributed by atoms with Gasteiger partial charge in [-0.1, -0.05) is 24.3 Å². The van der Waals surface area contributed by atoms with E-state index in [1.54, 1.807) is 48.3 Å². The summed E-state index contributed by atoms with van der Waals surface area (Å²) in [5, 5.41) is 7.01. The van der Waals surface area contributed by atoms with Crippen molar-refractivity contribution in [1.29, 1.82) is 0 Å². The van der Waals surface area contributed by atoms with Crippen molar-refractivity contribution in [1.82, 2.24) is 9.78 Å². The number of para-hydroxylation sites is 2. The molecule has 0 spiro atoms. The van der Waals surface area contributed by atoms with Crippen LogP contribution in [0.3, 0.4) is 0 Å². The quantitative estimate of drug-likeness (QED) is 0.708. The molecular weight excluding hydrogens is 304 g/mol. The average molecular weight is 322 g/mol. The molecule has 122 valence electrons. The molecule has 0 bridgehead atoms. The molecule has 0 fully saturated rings. The molecule has 6 heteroatoms. The number of rotatable bonds is 5. The number of carbonyl (C=O) groups is 1. The molecule has 0 aliphatic heterocycles. The van der Waals surface area contributed by atoms with E-state index in [4.69, 9.17) is 10.5 Å². The molecule has 1 amide bonds. The molecule has 0 saturated carbocycles. The van der Waals surface area contributed by atoms with Gasteiger partial charge in [0.15, 0.2) is 0 Å². The van der Waals surface area contributed by atoms with E-state index in [0.717, 1.165) is 5.56 Å². The van der Waals surface area contributed by atoms with Gasteiger partial charge in [0, 0.05) is 11.6 Å². The van der Waals surface area contributed by atoms with Gasteiger partial charge in [0.1, 0.15) is 0 Å². The number of ether oxygens (including phenoxy) is 1. The smallest absolute Gasteiger partial charge is 0.255 e. The maximum absolute atomic E-state index is 12.3. The van der Waals surface area contributed by atoms with Gasteiger partial charge in [-0.3, -0.25) is 4.79 Å². The molecule has 1 heterocycles. The number of aromatic nitrogens is 2. The summed E-state index contributed by atoms with van der Waals surface area (Å²) in [4.78, 5) is 12.3. The van der Waals surface area contributed by atoms with Gasteiger partial charge in [-0.05, 0) is 29.8 Å². The molecule has 1 aromatic heterocycles. The summed E-state index contributed by atoms with van der Waals surface area (Å²) in [6.07, 6.45) is 1.69. The maximum Gasteiger partial charge on any atom is 0.255 e. The molecule has 0 aliphatic rings. The Morgan fingerprint density at radius 3 is 2.62 bits per heavy atom. The molecule has 24 heavy (non-hydrogen) atoms. The van der Waals surface area contributed by atoms with E-state index < -0.39 is 0 Å². The highest BCUT2D eigenvalue weighted by atomic mass is 16.5. The average Bonchev–Trinajstić information content (AvgIpc) is 3.04. The van der Waals surface area contributed by atoms with Crippen LogP contribution in [-0.4, -0.2) is 22.8 Å². The number of nitrogens with zero attached hydrogens (tertiary/aromatic N) is 2. The molecule has 0 saturated heterocycles. The highest BCUT2D eigenvalue weighted by Gasteiger charge is 2.08. The number of nitrogens with one attached hydrogen (secondary N) is 1. The monoisotopic (exact) mass is 322 g/mol. The third-order valence-corrected chi connectivity index (χ3v) is 3.64. The summed E-state index contributed by atoms with van der Waals surface area (Å²) in [7, 11) is 1.61. The van der Waals surface area contributed by atoms with Crippen molar-refractivity contribution < 1.29 is 9.53 Å². The van der Waals surface area contributed by atoms with E-state index in [0.29, 0.717) is 29.4 Å². The summed E-state index contributed by atoms with van der Waals surface area (Å²) in [5.74, 6) is 0.493. The van der Waals surface area contributed by atoms with Crippen LogP contribution in [0.25, 0.3) is 0 Å². The summed E-state index contributed by atoms with van der Waals surface area (Å²) >= 11 is 0. The Kier molecular flexibility index (Phi) is 4.47. The first-order valence-electron chi connectivity index (χ1n) is 7.48. The summed E-state index contributed by atoms with van der Waals surface area (Å²) < 4.78 is 6.97. The second kappa shape index (κ2) is 6.87. The summed E-state index contributed by atoms with van der Waals surface area (Å²) in [6, 6.07) is 16.3. The van der Waals surface area contributed by atoms with Crippen LogP contribution in [0.15, 0.2) is 60.8 Å². The standard InChI is InChI=1S/C18H18N4O2/c1-24-17-10-11-20-22(17)12-13-6-8-14(9-7-13)18(23)21-16-5-3-2-4-15(16)19/h2-11H,12,19H2,1H3,(H,21,23). The maximum atomic E-state index is 12.3. The van der Waals surface area contributed by atoms with E-state index >= 15 is 0 Å². The molecule has 6 nitrogen and oxygen atoms in total. The molecule has 0 unspecified atom stereocenters. The largest absolute Gasteiger partial charge is 0.481 e. The Hall–Kier alpha value is -3.28. The van der Waals surface area contributed by atoms with Crippen molar-refractivity contribution in [3.63, 3.8) is 0 Å². The molecule has 0 aliphatic carbocycles. The van der Waals surface area contributed by atoms with Crippen molar-refractivity contribution in [3.8, 4) is 5.88 Å². The Bertz CT molecular complexity index is 840. The number of hydrogen-bond donors (Lipinski definition) is 2. The minimum atomic E-state index is -0.198. The van der Waals surface area contributed by atoms with Gasteiger partial charge in [0.25, 0.3) is 5.91 Å². The molecule has 3 N–H and O–H groups in total. The number of amides is 1. The zero-order valence-corrected chi connectivity index (χ0v) is 13.3. The lowest BCUT2D eigenvalue weighted by molar-refractivity contribution is 0.102. The van der Waals surface area contributed by atoms with Crippen molar-refractivity contribution >= 4 is 17.3 Å². The van der Waals surface area contributed by atoms with Crippen LogP contribution in [0.1, 0.15) is 15.9 Å². The highest BCUT2D eigenvalue weighted by Crippen LogP contribution is 2.18. The highest BCUT2D eigenvalue weighted by molar-refractivity contribution is 6.05. The number of benzene rings is 2. The van der Waals surface area contributed by atoms with E-state index in [2.05, 4.69) is 10.4 Å². The molecule has 3 aromatic rings. The van der Waals surface area contributed by atoms with E-state index in [-0.39, 0.29) is 5.91 Å². The lowest BCUT2D eigenvalue weighted by atomic mass is 10.1. The van der Waals surface area contributed by atoms with Crippen molar-refractivity contribution in [2.24, 2.45) is 0 Å². The fourth-order valence-corrected chi connectivity index (χ4v) is 2.35. The third kappa shape index (κ3) is 3.38. The van der Waals surface area contributed by atoms with E-state index in [1.807, 2.05) is 24.3 Å². The number of hydrogen-bond acceptors (Lipinski definition) is 4. The first kappa shape index (κ1) is 15.6. The minimum absolute atomic E-state index is 0.198. The topological polar surface area (TPSA) is 82.2 Å². The van der Waals surface area contributed by atoms with Crippen molar-refractivity contribution in [3.05, 3.63) is 71.9 Å². The Labute approximate surface area is 139 Å². The first-order chi connectivity index (χ1) is 11.7. The zero-order chi connectivity index (χ0) is 16.9. The number of methoxy groups -OCH3 is 1. The van der Waals surface area contributed by atoms with Crippen LogP contribution in [0.5, 0.6) is 5.88 Å². The van der Waals surface area contributed by atoms with E-state index in [1.165, 1.54) is 0 Å². The second-order valence-corrected chi connectivity index (χ2v) is 5.27. The number of nitrogens with two attached hydrogens (primary N) is 1. The van der Waals surface area contributed by atoms with E-state index in [9.17, 15) is 4.79 Å². The number of anilines is 2. The van der Waals surface area contributed by atoms with Gasteiger partial charge in [0.2, 0.25) is 5.88 Å². The van der Waals surface area contributed by atoms with Crippen LogP contribution >= 0.6 is 0 Å². The molecule has 2 aromatic carbocycles. The van der Waals surface area contributed by atoms with Gasteiger partial charge in [0.05, 0.1) is 31.2 Å². The van der Waals surface area contributed by atoms with Gasteiger partial charge >= 0.3 is 0 Å². The molecular formula is C18H18N4O2. The number of nitrogen functional groups attached to an aromatic ring is 1. The van der Waals surface area contributed by atoms with Crippen LogP contribution in [0, 0.1) is 0 Å². The van der Waals surface area contributed by atoms with Crippen LogP contribution in [-0.2, 0) is 6.54 Å². The van der Waals surface area contributed by atoms with Gasteiger partial charge < -0.3 is 15.8 Å². The van der Waals surface area contributed by atoms with Gasteiger partial charge in [-0.25, -0.2) is 4.68 Å². The van der Waals surface area contributed by atoms with Crippen LogP contribution in [0.2, 0.25) is 0 Å².